The molecule has 4 N–H and O–H groups in total. The Kier molecular flexibility index (Phi) is 7.07. The van der Waals surface area contributed by atoms with Crippen LogP contribution in [0.15, 0.2) is 49.6 Å². The number of carboxylic acid groups (broad SMARTS) is 2. The lowest BCUT2D eigenvalue weighted by Crippen LogP contribution is -2.60. The number of nitrogens with two attached hydrogens (primary N) is 1. The van der Waals surface area contributed by atoms with Crippen LogP contribution in [0.25, 0.3) is 0 Å². The molecule has 0 aliphatic heterocycles. The molecule has 1 aromatic rings. The first-order valence-corrected chi connectivity index (χ1v) is 7.62. The maximum absolute atomic E-state index is 13.1. The van der Waals surface area contributed by atoms with Crippen molar-refractivity contribution >= 4 is 23.4 Å². The maximum Gasteiger partial charge on any atom is 0.332 e. The van der Waals surface area contributed by atoms with Crippen molar-refractivity contribution in [3.63, 3.8) is 0 Å². The van der Waals surface area contributed by atoms with Crippen LogP contribution in [-0.4, -0.2) is 51.5 Å². The number of rotatable bonds is 11. The van der Waals surface area contributed by atoms with E-state index in [1.54, 1.807) is 0 Å². The van der Waals surface area contributed by atoms with E-state index in [2.05, 4.69) is 13.2 Å². The SMILES string of the molecule is C=CCN(CC=C)[C@@](CCC(=O)O)(C(=O)O)C(=O)c1ccc(N)cc1. The van der Waals surface area contributed by atoms with Gasteiger partial charge in [-0.25, -0.2) is 4.79 Å². The number of carbonyl (C=O) groups is 3. The molecule has 1 aromatic carbocycles. The largest absolute Gasteiger partial charge is 0.481 e. The number of benzene rings is 1. The number of Topliss-reactive ketones (excluding diaryl/α,β-unsaturated/α-hetero) is 1. The summed E-state index contributed by atoms with van der Waals surface area (Å²) in [7, 11) is 0. The van der Waals surface area contributed by atoms with E-state index in [0.717, 1.165) is 0 Å². The average Bonchev–Trinajstić information content (AvgIpc) is 2.55. The Hall–Kier alpha value is -2.93. The summed E-state index contributed by atoms with van der Waals surface area (Å²) in [4.78, 5) is 37.6. The molecule has 0 saturated carbocycles. The third-order valence-electron chi connectivity index (χ3n) is 3.84. The van der Waals surface area contributed by atoms with Crippen LogP contribution in [0.2, 0.25) is 0 Å². The predicted octanol–water partition coefficient (Wildman–Crippen LogP) is 1.81. The highest BCUT2D eigenvalue weighted by Crippen LogP contribution is 2.28. The highest BCUT2D eigenvalue weighted by Gasteiger charge is 2.50. The van der Waals surface area contributed by atoms with Crippen LogP contribution in [0.3, 0.4) is 0 Å². The number of anilines is 1. The monoisotopic (exact) mass is 346 g/mol. The fraction of sp³-hybridized carbons (Fsp3) is 0.278. The molecule has 1 rings (SSSR count). The highest BCUT2D eigenvalue weighted by molar-refractivity contribution is 6.16. The molecular formula is C18H22N2O5. The second kappa shape index (κ2) is 8.79. The molecule has 25 heavy (non-hydrogen) atoms. The Morgan fingerprint density at radius 2 is 1.60 bits per heavy atom. The van der Waals surface area contributed by atoms with Crippen molar-refractivity contribution in [3.8, 4) is 0 Å². The van der Waals surface area contributed by atoms with E-state index in [1.165, 1.54) is 41.3 Å². The second-order valence-corrected chi connectivity index (χ2v) is 5.49. The summed E-state index contributed by atoms with van der Waals surface area (Å²) in [6, 6.07) is 5.83. The molecule has 0 aliphatic carbocycles. The van der Waals surface area contributed by atoms with Gasteiger partial charge in [0, 0.05) is 30.8 Å². The zero-order valence-corrected chi connectivity index (χ0v) is 13.9. The van der Waals surface area contributed by atoms with E-state index in [0.29, 0.717) is 5.69 Å². The molecule has 0 aliphatic rings. The molecule has 0 fully saturated rings. The van der Waals surface area contributed by atoms with Crippen LogP contribution in [0.1, 0.15) is 23.2 Å². The first-order chi connectivity index (χ1) is 11.8. The van der Waals surface area contributed by atoms with Gasteiger partial charge in [-0.05, 0) is 30.7 Å². The van der Waals surface area contributed by atoms with Crippen LogP contribution in [0.4, 0.5) is 5.69 Å². The van der Waals surface area contributed by atoms with Crippen molar-refractivity contribution in [2.45, 2.75) is 18.4 Å². The molecule has 0 spiro atoms. The number of ketones is 1. The number of hydrogen-bond acceptors (Lipinski definition) is 5. The Labute approximate surface area is 146 Å². The molecular weight excluding hydrogens is 324 g/mol. The van der Waals surface area contributed by atoms with Gasteiger partial charge in [-0.2, -0.15) is 0 Å². The second-order valence-electron chi connectivity index (χ2n) is 5.49. The van der Waals surface area contributed by atoms with Crippen molar-refractivity contribution in [2.75, 3.05) is 18.8 Å². The number of nitrogen functional groups attached to an aromatic ring is 1. The summed E-state index contributed by atoms with van der Waals surface area (Å²) < 4.78 is 0. The van der Waals surface area contributed by atoms with E-state index in [-0.39, 0.29) is 25.1 Å². The first-order valence-electron chi connectivity index (χ1n) is 7.62. The standard InChI is InChI=1S/C18H22N2O5/c1-3-11-20(12-4-2)18(17(24)25,10-9-15(21)22)16(23)13-5-7-14(19)8-6-13/h3-8H,1-2,9-12,19H2,(H,21,22)(H,24,25)/t18-/m1/s1. The van der Waals surface area contributed by atoms with Crippen molar-refractivity contribution in [2.24, 2.45) is 0 Å². The summed E-state index contributed by atoms with van der Waals surface area (Å²) in [5, 5.41) is 18.9. The Morgan fingerprint density at radius 3 is 2.00 bits per heavy atom. The van der Waals surface area contributed by atoms with E-state index in [4.69, 9.17) is 10.8 Å². The molecule has 0 bridgehead atoms. The Morgan fingerprint density at radius 1 is 1.08 bits per heavy atom. The minimum absolute atomic E-state index is 0.0820. The number of nitrogens with zero attached hydrogens (tertiary/aromatic N) is 1. The zero-order chi connectivity index (χ0) is 19.0. The zero-order valence-electron chi connectivity index (χ0n) is 13.9. The molecule has 1 atom stereocenters. The predicted molar refractivity (Wildman–Crippen MR) is 94.4 cm³/mol. The average molecular weight is 346 g/mol. The van der Waals surface area contributed by atoms with E-state index >= 15 is 0 Å². The van der Waals surface area contributed by atoms with Gasteiger partial charge < -0.3 is 15.9 Å². The fourth-order valence-corrected chi connectivity index (χ4v) is 2.61. The molecule has 0 amide bonds. The molecule has 7 nitrogen and oxygen atoms in total. The van der Waals surface area contributed by atoms with Gasteiger partial charge in [0.05, 0.1) is 0 Å². The maximum atomic E-state index is 13.1. The lowest BCUT2D eigenvalue weighted by molar-refractivity contribution is -0.149. The Balaban J connectivity index is 3.49. The fourth-order valence-electron chi connectivity index (χ4n) is 2.61. The summed E-state index contributed by atoms with van der Waals surface area (Å²) in [5.74, 6) is -3.31. The van der Waals surface area contributed by atoms with Crippen molar-refractivity contribution in [1.82, 2.24) is 4.90 Å². The van der Waals surface area contributed by atoms with Gasteiger partial charge >= 0.3 is 11.9 Å². The van der Waals surface area contributed by atoms with Gasteiger partial charge in [-0.1, -0.05) is 12.2 Å². The van der Waals surface area contributed by atoms with Gasteiger partial charge in [0.15, 0.2) is 11.3 Å². The van der Waals surface area contributed by atoms with Crippen LogP contribution in [0.5, 0.6) is 0 Å². The van der Waals surface area contributed by atoms with Gasteiger partial charge in [0.1, 0.15) is 0 Å². The van der Waals surface area contributed by atoms with Gasteiger partial charge in [-0.15, -0.1) is 13.2 Å². The lowest BCUT2D eigenvalue weighted by Gasteiger charge is -2.38. The summed E-state index contributed by atoms with van der Waals surface area (Å²) in [5.41, 5.74) is 4.13. The summed E-state index contributed by atoms with van der Waals surface area (Å²) >= 11 is 0. The lowest BCUT2D eigenvalue weighted by atomic mass is 9.82. The third-order valence-corrected chi connectivity index (χ3v) is 3.84. The molecule has 134 valence electrons. The number of aliphatic carboxylic acids is 2. The highest BCUT2D eigenvalue weighted by atomic mass is 16.4. The van der Waals surface area contributed by atoms with Crippen LogP contribution in [-0.2, 0) is 9.59 Å². The van der Waals surface area contributed by atoms with Crippen molar-refractivity contribution < 1.29 is 24.6 Å². The van der Waals surface area contributed by atoms with Gasteiger partial charge in [0.2, 0.25) is 0 Å². The molecule has 0 aromatic heterocycles. The number of carbonyl (C=O) groups excluding carboxylic acids is 1. The summed E-state index contributed by atoms with van der Waals surface area (Å²) in [6.45, 7) is 7.33. The first kappa shape index (κ1) is 20.1. The molecule has 0 heterocycles. The normalized spacial score (nSPS) is 13.0. The quantitative estimate of drug-likeness (QED) is 0.242. The van der Waals surface area contributed by atoms with Gasteiger partial charge in [0.25, 0.3) is 0 Å². The van der Waals surface area contributed by atoms with Crippen molar-refractivity contribution in [3.05, 3.63) is 55.1 Å². The molecule has 7 heteroatoms. The van der Waals surface area contributed by atoms with E-state index < -0.39 is 29.7 Å². The smallest absolute Gasteiger partial charge is 0.332 e. The molecule has 0 radical (unpaired) electrons. The molecule has 0 unspecified atom stereocenters. The van der Waals surface area contributed by atoms with E-state index in [1.807, 2.05) is 0 Å². The number of hydrogen-bond donors (Lipinski definition) is 3. The topological polar surface area (TPSA) is 121 Å². The molecule has 0 saturated heterocycles. The summed E-state index contributed by atoms with van der Waals surface area (Å²) in [6.07, 6.45) is 2.05. The van der Waals surface area contributed by atoms with Crippen LogP contribution in [0, 0.1) is 0 Å². The number of carboxylic acids is 2. The third kappa shape index (κ3) is 4.54. The Bertz CT molecular complexity index is 659. The minimum atomic E-state index is -2.04. The minimum Gasteiger partial charge on any atom is -0.481 e. The van der Waals surface area contributed by atoms with Gasteiger partial charge in [-0.3, -0.25) is 14.5 Å². The van der Waals surface area contributed by atoms with Crippen LogP contribution < -0.4 is 5.73 Å². The van der Waals surface area contributed by atoms with E-state index in [9.17, 15) is 19.5 Å². The van der Waals surface area contributed by atoms with Crippen molar-refractivity contribution in [1.29, 1.82) is 0 Å². The van der Waals surface area contributed by atoms with Crippen LogP contribution >= 0.6 is 0 Å².